The van der Waals surface area contributed by atoms with Crippen molar-refractivity contribution in [2.24, 2.45) is 5.73 Å². The monoisotopic (exact) mass is 209 g/mol. The molecule has 0 fully saturated rings. The van der Waals surface area contributed by atoms with Crippen LogP contribution in [0.4, 0.5) is 0 Å². The smallest absolute Gasteiger partial charge is 0.246 e. The standard InChI is InChI=1S/C10H15N3O2/c11-3-6-15-8-10(14)13-7-9-1-4-12-5-2-9/h1-2,4-5H,3,6-8,11H2,(H,13,14). The van der Waals surface area contributed by atoms with Crippen LogP contribution in [-0.4, -0.2) is 30.6 Å². The molecule has 0 saturated heterocycles. The van der Waals surface area contributed by atoms with Gasteiger partial charge < -0.3 is 15.8 Å². The number of amides is 1. The summed E-state index contributed by atoms with van der Waals surface area (Å²) in [7, 11) is 0. The Kier molecular flexibility index (Phi) is 5.35. The van der Waals surface area contributed by atoms with E-state index in [4.69, 9.17) is 10.5 Å². The van der Waals surface area contributed by atoms with Crippen molar-refractivity contribution in [3.05, 3.63) is 30.1 Å². The predicted molar refractivity (Wildman–Crippen MR) is 56.0 cm³/mol. The Labute approximate surface area is 88.6 Å². The third kappa shape index (κ3) is 5.09. The van der Waals surface area contributed by atoms with Crippen LogP contribution < -0.4 is 11.1 Å². The summed E-state index contributed by atoms with van der Waals surface area (Å²) in [5.74, 6) is -0.139. The zero-order chi connectivity index (χ0) is 10.9. The van der Waals surface area contributed by atoms with Crippen molar-refractivity contribution in [3.63, 3.8) is 0 Å². The van der Waals surface area contributed by atoms with Crippen molar-refractivity contribution in [2.75, 3.05) is 19.8 Å². The Morgan fingerprint density at radius 3 is 2.87 bits per heavy atom. The van der Waals surface area contributed by atoms with Crippen molar-refractivity contribution in [1.82, 2.24) is 10.3 Å². The first-order chi connectivity index (χ1) is 7.33. The van der Waals surface area contributed by atoms with Gasteiger partial charge in [0.15, 0.2) is 0 Å². The number of nitrogens with zero attached hydrogens (tertiary/aromatic N) is 1. The van der Waals surface area contributed by atoms with Crippen LogP contribution in [0.3, 0.4) is 0 Å². The molecule has 1 heterocycles. The average Bonchev–Trinajstić information content (AvgIpc) is 2.28. The minimum absolute atomic E-state index is 0.0578. The van der Waals surface area contributed by atoms with Gasteiger partial charge in [-0.1, -0.05) is 0 Å². The molecule has 82 valence electrons. The molecular weight excluding hydrogens is 194 g/mol. The third-order valence-corrected chi connectivity index (χ3v) is 1.73. The first kappa shape index (κ1) is 11.6. The SMILES string of the molecule is NCCOCC(=O)NCc1ccncc1. The van der Waals surface area contributed by atoms with E-state index < -0.39 is 0 Å². The average molecular weight is 209 g/mol. The van der Waals surface area contributed by atoms with Crippen LogP contribution in [0.25, 0.3) is 0 Å². The number of hydrogen-bond donors (Lipinski definition) is 2. The first-order valence-electron chi connectivity index (χ1n) is 4.76. The lowest BCUT2D eigenvalue weighted by atomic mass is 10.3. The van der Waals surface area contributed by atoms with Gasteiger partial charge in [0.1, 0.15) is 6.61 Å². The maximum atomic E-state index is 11.2. The van der Waals surface area contributed by atoms with E-state index in [9.17, 15) is 4.79 Å². The van der Waals surface area contributed by atoms with Crippen molar-refractivity contribution in [2.45, 2.75) is 6.54 Å². The summed E-state index contributed by atoms with van der Waals surface area (Å²) in [6.07, 6.45) is 3.37. The van der Waals surface area contributed by atoms with E-state index in [0.29, 0.717) is 19.7 Å². The van der Waals surface area contributed by atoms with Crippen LogP contribution in [0, 0.1) is 0 Å². The molecule has 0 aromatic carbocycles. The van der Waals surface area contributed by atoms with E-state index in [1.54, 1.807) is 12.4 Å². The summed E-state index contributed by atoms with van der Waals surface area (Å²) in [6.45, 7) is 1.38. The maximum Gasteiger partial charge on any atom is 0.246 e. The number of ether oxygens (including phenoxy) is 1. The number of hydrogen-bond acceptors (Lipinski definition) is 4. The molecule has 1 amide bonds. The Bertz CT molecular complexity index is 290. The van der Waals surface area contributed by atoms with Crippen LogP contribution in [0.2, 0.25) is 0 Å². The van der Waals surface area contributed by atoms with Crippen LogP contribution in [0.15, 0.2) is 24.5 Å². The highest BCUT2D eigenvalue weighted by molar-refractivity contribution is 5.77. The molecule has 0 saturated carbocycles. The highest BCUT2D eigenvalue weighted by Gasteiger charge is 2.00. The lowest BCUT2D eigenvalue weighted by molar-refractivity contribution is -0.125. The minimum Gasteiger partial charge on any atom is -0.370 e. The van der Waals surface area contributed by atoms with Crippen molar-refractivity contribution >= 4 is 5.91 Å². The van der Waals surface area contributed by atoms with Gasteiger partial charge in [-0.05, 0) is 17.7 Å². The third-order valence-electron chi connectivity index (χ3n) is 1.73. The Morgan fingerprint density at radius 1 is 1.47 bits per heavy atom. The zero-order valence-corrected chi connectivity index (χ0v) is 8.48. The second-order valence-corrected chi connectivity index (χ2v) is 2.97. The number of rotatable bonds is 6. The number of aromatic nitrogens is 1. The van der Waals surface area contributed by atoms with Gasteiger partial charge in [0.25, 0.3) is 0 Å². The fourth-order valence-corrected chi connectivity index (χ4v) is 1.00. The van der Waals surface area contributed by atoms with Gasteiger partial charge in [-0.2, -0.15) is 0 Å². The molecule has 0 aliphatic carbocycles. The molecule has 0 unspecified atom stereocenters. The first-order valence-corrected chi connectivity index (χ1v) is 4.76. The Balaban J connectivity index is 2.17. The molecule has 1 aromatic heterocycles. The number of pyridine rings is 1. The fourth-order valence-electron chi connectivity index (χ4n) is 1.00. The van der Waals surface area contributed by atoms with E-state index in [2.05, 4.69) is 10.3 Å². The van der Waals surface area contributed by atoms with Crippen LogP contribution in [-0.2, 0) is 16.1 Å². The lowest BCUT2D eigenvalue weighted by Crippen LogP contribution is -2.28. The van der Waals surface area contributed by atoms with E-state index >= 15 is 0 Å². The second-order valence-electron chi connectivity index (χ2n) is 2.97. The van der Waals surface area contributed by atoms with Gasteiger partial charge in [-0.25, -0.2) is 0 Å². The van der Waals surface area contributed by atoms with E-state index in [1.807, 2.05) is 12.1 Å². The summed E-state index contributed by atoms with van der Waals surface area (Å²) >= 11 is 0. The Hall–Kier alpha value is -1.46. The van der Waals surface area contributed by atoms with E-state index in [-0.39, 0.29) is 12.5 Å². The summed E-state index contributed by atoms with van der Waals surface area (Å²) in [5.41, 5.74) is 6.23. The summed E-state index contributed by atoms with van der Waals surface area (Å²) < 4.78 is 4.98. The zero-order valence-electron chi connectivity index (χ0n) is 8.48. The maximum absolute atomic E-state index is 11.2. The minimum atomic E-state index is -0.139. The topological polar surface area (TPSA) is 77.2 Å². The van der Waals surface area contributed by atoms with E-state index in [1.165, 1.54) is 0 Å². The normalized spacial score (nSPS) is 9.93. The van der Waals surface area contributed by atoms with Crippen molar-refractivity contribution in [1.29, 1.82) is 0 Å². The van der Waals surface area contributed by atoms with Crippen LogP contribution in [0.5, 0.6) is 0 Å². The van der Waals surface area contributed by atoms with E-state index in [0.717, 1.165) is 5.56 Å². The molecule has 1 rings (SSSR count). The molecular formula is C10H15N3O2. The molecule has 3 N–H and O–H groups in total. The molecule has 15 heavy (non-hydrogen) atoms. The molecule has 0 aliphatic rings. The largest absolute Gasteiger partial charge is 0.370 e. The molecule has 0 aliphatic heterocycles. The number of carbonyl (C=O) groups excluding carboxylic acids is 1. The summed E-state index contributed by atoms with van der Waals surface area (Å²) in [4.78, 5) is 15.1. The highest BCUT2D eigenvalue weighted by atomic mass is 16.5. The van der Waals surface area contributed by atoms with Crippen LogP contribution >= 0.6 is 0 Å². The van der Waals surface area contributed by atoms with Gasteiger partial charge in [0.05, 0.1) is 6.61 Å². The fraction of sp³-hybridized carbons (Fsp3) is 0.400. The van der Waals surface area contributed by atoms with Gasteiger partial charge in [0.2, 0.25) is 5.91 Å². The predicted octanol–water partition coefficient (Wildman–Crippen LogP) is -0.327. The molecule has 0 atom stereocenters. The highest BCUT2D eigenvalue weighted by Crippen LogP contribution is 1.94. The molecule has 1 aromatic rings. The van der Waals surface area contributed by atoms with Gasteiger partial charge in [-0.3, -0.25) is 9.78 Å². The number of nitrogens with two attached hydrogens (primary N) is 1. The quantitative estimate of drug-likeness (QED) is 0.629. The summed E-state index contributed by atoms with van der Waals surface area (Å²) in [5, 5.41) is 2.73. The van der Waals surface area contributed by atoms with Crippen molar-refractivity contribution < 1.29 is 9.53 Å². The molecule has 5 nitrogen and oxygen atoms in total. The molecule has 0 spiro atoms. The molecule has 5 heteroatoms. The van der Waals surface area contributed by atoms with Gasteiger partial charge in [-0.15, -0.1) is 0 Å². The van der Waals surface area contributed by atoms with Crippen LogP contribution in [0.1, 0.15) is 5.56 Å². The lowest BCUT2D eigenvalue weighted by Gasteiger charge is -2.05. The molecule has 0 bridgehead atoms. The summed E-state index contributed by atoms with van der Waals surface area (Å²) in [6, 6.07) is 3.70. The second kappa shape index (κ2) is 6.92. The molecule has 0 radical (unpaired) electrons. The van der Waals surface area contributed by atoms with Gasteiger partial charge in [0, 0.05) is 25.5 Å². The van der Waals surface area contributed by atoms with Gasteiger partial charge >= 0.3 is 0 Å². The number of carbonyl (C=O) groups is 1. The number of nitrogens with one attached hydrogen (secondary N) is 1. The Morgan fingerprint density at radius 2 is 2.20 bits per heavy atom. The van der Waals surface area contributed by atoms with Crippen molar-refractivity contribution in [3.8, 4) is 0 Å².